The summed E-state index contributed by atoms with van der Waals surface area (Å²) < 4.78 is 1.20. The van der Waals surface area contributed by atoms with Crippen molar-refractivity contribution in [1.82, 2.24) is 5.32 Å². The number of halogens is 1. The highest BCUT2D eigenvalue weighted by Crippen LogP contribution is 2.26. The van der Waals surface area contributed by atoms with Gasteiger partial charge in [-0.15, -0.1) is 11.3 Å². The molecule has 0 aliphatic heterocycles. The molecule has 1 aromatic heterocycles. The maximum absolute atomic E-state index is 8.93. The summed E-state index contributed by atoms with van der Waals surface area (Å²) in [6.07, 6.45) is 0.840. The first kappa shape index (κ1) is 14.2. The average molecular weight is 306 g/mol. The van der Waals surface area contributed by atoms with Crippen molar-refractivity contribution in [3.05, 3.63) is 20.3 Å². The molecule has 0 fully saturated rings. The van der Waals surface area contributed by atoms with Crippen LogP contribution in [0.15, 0.2) is 10.5 Å². The largest absolute Gasteiger partial charge is 0.396 e. The average Bonchev–Trinajstić information content (AvgIpc) is 2.45. The minimum absolute atomic E-state index is 0.165. The molecule has 4 heteroatoms. The normalized spacial score (nSPS) is 12.1. The maximum Gasteiger partial charge on any atom is 0.0436 e. The van der Waals surface area contributed by atoms with Crippen LogP contribution in [0.25, 0.3) is 0 Å². The standard InChI is InChI=1S/C12H20BrNOS/c1-9-11(13)6-10(16-9)7-14-8-12(2,3)4-5-15/h6,14-15H,4-5,7-8H2,1-3H3. The van der Waals surface area contributed by atoms with E-state index in [2.05, 4.69) is 48.1 Å². The lowest BCUT2D eigenvalue weighted by Crippen LogP contribution is -2.29. The molecule has 0 radical (unpaired) electrons. The van der Waals surface area contributed by atoms with E-state index in [4.69, 9.17) is 5.11 Å². The van der Waals surface area contributed by atoms with Gasteiger partial charge in [-0.1, -0.05) is 13.8 Å². The third kappa shape index (κ3) is 4.53. The summed E-state index contributed by atoms with van der Waals surface area (Å²) in [7, 11) is 0. The van der Waals surface area contributed by atoms with E-state index in [1.807, 2.05) is 11.3 Å². The molecule has 0 bridgehead atoms. The molecule has 0 atom stereocenters. The lowest BCUT2D eigenvalue weighted by atomic mass is 9.90. The zero-order valence-corrected chi connectivity index (χ0v) is 12.5. The van der Waals surface area contributed by atoms with E-state index in [0.29, 0.717) is 0 Å². The van der Waals surface area contributed by atoms with Crippen molar-refractivity contribution >= 4 is 27.3 Å². The van der Waals surface area contributed by atoms with E-state index in [-0.39, 0.29) is 12.0 Å². The third-order valence-corrected chi connectivity index (χ3v) is 4.74. The van der Waals surface area contributed by atoms with Crippen LogP contribution < -0.4 is 5.32 Å². The maximum atomic E-state index is 8.93. The molecule has 0 amide bonds. The monoisotopic (exact) mass is 305 g/mol. The van der Waals surface area contributed by atoms with Gasteiger partial charge < -0.3 is 10.4 Å². The molecule has 92 valence electrons. The molecular formula is C12H20BrNOS. The van der Waals surface area contributed by atoms with E-state index in [1.54, 1.807) is 0 Å². The van der Waals surface area contributed by atoms with Gasteiger partial charge in [0.2, 0.25) is 0 Å². The van der Waals surface area contributed by atoms with E-state index >= 15 is 0 Å². The summed E-state index contributed by atoms with van der Waals surface area (Å²) in [6.45, 7) is 8.57. The van der Waals surface area contributed by atoms with Crippen LogP contribution in [0, 0.1) is 12.3 Å². The molecule has 1 rings (SSSR count). The molecule has 0 saturated carbocycles. The van der Waals surface area contributed by atoms with Gasteiger partial charge in [-0.25, -0.2) is 0 Å². The Morgan fingerprint density at radius 2 is 2.19 bits per heavy atom. The number of rotatable bonds is 6. The predicted octanol–water partition coefficient (Wildman–Crippen LogP) is 3.32. The molecule has 0 spiro atoms. The molecule has 0 aliphatic rings. The highest BCUT2D eigenvalue weighted by molar-refractivity contribution is 9.10. The minimum Gasteiger partial charge on any atom is -0.396 e. The molecule has 2 N–H and O–H groups in total. The summed E-state index contributed by atoms with van der Waals surface area (Å²) >= 11 is 5.34. The van der Waals surface area contributed by atoms with Gasteiger partial charge >= 0.3 is 0 Å². The number of hydrogen-bond donors (Lipinski definition) is 2. The van der Waals surface area contributed by atoms with Crippen LogP contribution in [0.1, 0.15) is 30.0 Å². The first-order valence-electron chi connectivity index (χ1n) is 5.51. The van der Waals surface area contributed by atoms with Crippen LogP contribution in [-0.4, -0.2) is 18.3 Å². The van der Waals surface area contributed by atoms with Crippen molar-refractivity contribution in [2.45, 2.75) is 33.7 Å². The Hall–Kier alpha value is 0.100. The van der Waals surface area contributed by atoms with Crippen LogP contribution in [0.4, 0.5) is 0 Å². The SMILES string of the molecule is Cc1sc(CNCC(C)(C)CCO)cc1Br. The summed E-state index contributed by atoms with van der Waals surface area (Å²) in [5, 5.41) is 12.4. The van der Waals surface area contributed by atoms with Crippen molar-refractivity contribution in [2.24, 2.45) is 5.41 Å². The summed E-state index contributed by atoms with van der Waals surface area (Å²) in [6, 6.07) is 2.17. The Labute approximate surface area is 110 Å². The number of aliphatic hydroxyl groups excluding tert-OH is 1. The van der Waals surface area contributed by atoms with Crippen LogP contribution in [-0.2, 0) is 6.54 Å². The lowest BCUT2D eigenvalue weighted by molar-refractivity contribution is 0.207. The van der Waals surface area contributed by atoms with Crippen molar-refractivity contribution in [3.63, 3.8) is 0 Å². The van der Waals surface area contributed by atoms with E-state index in [9.17, 15) is 0 Å². The van der Waals surface area contributed by atoms with Gasteiger partial charge in [-0.3, -0.25) is 0 Å². The molecule has 2 nitrogen and oxygen atoms in total. The predicted molar refractivity (Wildman–Crippen MR) is 73.9 cm³/mol. The van der Waals surface area contributed by atoms with Crippen molar-refractivity contribution in [3.8, 4) is 0 Å². The molecule has 0 aromatic carbocycles. The molecule has 1 aromatic rings. The fourth-order valence-electron chi connectivity index (χ4n) is 1.52. The number of aliphatic hydroxyl groups is 1. The fourth-order valence-corrected chi connectivity index (χ4v) is 3.09. The second kappa shape index (κ2) is 6.15. The van der Waals surface area contributed by atoms with Gasteiger partial charge in [0.15, 0.2) is 0 Å². The second-order valence-corrected chi connectivity index (χ2v) is 7.05. The molecule has 16 heavy (non-hydrogen) atoms. The Balaban J connectivity index is 2.35. The summed E-state index contributed by atoms with van der Waals surface area (Å²) in [5.41, 5.74) is 0.165. The highest BCUT2D eigenvalue weighted by Gasteiger charge is 2.16. The van der Waals surface area contributed by atoms with E-state index in [1.165, 1.54) is 14.2 Å². The van der Waals surface area contributed by atoms with Crippen molar-refractivity contribution in [2.75, 3.05) is 13.2 Å². The first-order valence-corrected chi connectivity index (χ1v) is 7.12. The fraction of sp³-hybridized carbons (Fsp3) is 0.667. The zero-order chi connectivity index (χ0) is 12.2. The summed E-state index contributed by atoms with van der Waals surface area (Å²) in [4.78, 5) is 2.68. The molecule has 0 saturated heterocycles. The Morgan fingerprint density at radius 3 is 2.69 bits per heavy atom. The molecule has 0 unspecified atom stereocenters. The quantitative estimate of drug-likeness (QED) is 0.845. The van der Waals surface area contributed by atoms with Crippen molar-refractivity contribution < 1.29 is 5.11 Å². The number of nitrogens with one attached hydrogen (secondary N) is 1. The first-order chi connectivity index (χ1) is 7.44. The van der Waals surface area contributed by atoms with Gasteiger partial charge in [0.05, 0.1) is 0 Å². The highest BCUT2D eigenvalue weighted by atomic mass is 79.9. The van der Waals surface area contributed by atoms with E-state index < -0.39 is 0 Å². The zero-order valence-electron chi connectivity index (χ0n) is 10.1. The van der Waals surface area contributed by atoms with Crippen LogP contribution in [0.5, 0.6) is 0 Å². The smallest absolute Gasteiger partial charge is 0.0436 e. The van der Waals surface area contributed by atoms with Gasteiger partial charge in [0.1, 0.15) is 0 Å². The topological polar surface area (TPSA) is 32.3 Å². The summed E-state index contributed by atoms with van der Waals surface area (Å²) in [5.74, 6) is 0. The Morgan fingerprint density at radius 1 is 1.50 bits per heavy atom. The molecule has 1 heterocycles. The van der Waals surface area contributed by atoms with Gasteiger partial charge in [-0.05, 0) is 40.8 Å². The second-order valence-electron chi connectivity index (χ2n) is 4.86. The van der Waals surface area contributed by atoms with E-state index in [0.717, 1.165) is 19.5 Å². The third-order valence-electron chi connectivity index (χ3n) is 2.60. The lowest BCUT2D eigenvalue weighted by Gasteiger charge is -2.23. The van der Waals surface area contributed by atoms with Gasteiger partial charge in [0, 0.05) is 33.9 Å². The number of thiophene rings is 1. The van der Waals surface area contributed by atoms with Gasteiger partial charge in [-0.2, -0.15) is 0 Å². The van der Waals surface area contributed by atoms with Gasteiger partial charge in [0.25, 0.3) is 0 Å². The molecule has 0 aliphatic carbocycles. The number of hydrogen-bond acceptors (Lipinski definition) is 3. The van der Waals surface area contributed by atoms with Crippen LogP contribution in [0.3, 0.4) is 0 Å². The Kier molecular flexibility index (Phi) is 5.44. The minimum atomic E-state index is 0.165. The Bertz CT molecular complexity index is 316. The molecular weight excluding hydrogens is 286 g/mol. The van der Waals surface area contributed by atoms with Crippen molar-refractivity contribution in [1.29, 1.82) is 0 Å². The van der Waals surface area contributed by atoms with Crippen LogP contribution >= 0.6 is 27.3 Å². The van der Waals surface area contributed by atoms with Crippen LogP contribution in [0.2, 0.25) is 0 Å². The number of aryl methyl sites for hydroxylation is 1.